The van der Waals surface area contributed by atoms with Crippen molar-refractivity contribution in [2.75, 3.05) is 0 Å². The van der Waals surface area contributed by atoms with Gasteiger partial charge in [-0.2, -0.15) is 0 Å². The molecule has 0 bridgehead atoms. The minimum absolute atomic E-state index is 0.246. The van der Waals surface area contributed by atoms with E-state index < -0.39 is 6.10 Å². The fourth-order valence-corrected chi connectivity index (χ4v) is 1.91. The molecule has 1 atom stereocenters. The van der Waals surface area contributed by atoms with Crippen LogP contribution in [0.4, 0.5) is 0 Å². The summed E-state index contributed by atoms with van der Waals surface area (Å²) < 4.78 is 1.58. The SMILES string of the molecule is C=Cc1nc(C(C)O)c(Br)c(=O)n1C(=C)C. The van der Waals surface area contributed by atoms with Crippen LogP contribution >= 0.6 is 15.9 Å². The Morgan fingerprint density at radius 2 is 2.25 bits per heavy atom. The van der Waals surface area contributed by atoms with Crippen molar-refractivity contribution >= 4 is 27.7 Å². The Morgan fingerprint density at radius 3 is 2.62 bits per heavy atom. The second-order valence-electron chi connectivity index (χ2n) is 3.43. The highest BCUT2D eigenvalue weighted by Crippen LogP contribution is 2.19. The normalized spacial score (nSPS) is 12.2. The van der Waals surface area contributed by atoms with Crippen molar-refractivity contribution in [3.05, 3.63) is 39.5 Å². The average Bonchev–Trinajstić information content (AvgIpc) is 2.20. The highest BCUT2D eigenvalue weighted by Gasteiger charge is 2.16. The maximum absolute atomic E-state index is 12.0. The summed E-state index contributed by atoms with van der Waals surface area (Å²) in [4.78, 5) is 16.1. The second kappa shape index (κ2) is 4.76. The van der Waals surface area contributed by atoms with E-state index in [0.29, 0.717) is 17.2 Å². The van der Waals surface area contributed by atoms with Crippen LogP contribution in [0.1, 0.15) is 31.5 Å². The molecular weight excluding hydrogens is 272 g/mol. The lowest BCUT2D eigenvalue weighted by Gasteiger charge is -2.13. The maximum atomic E-state index is 12.0. The van der Waals surface area contributed by atoms with Crippen LogP contribution < -0.4 is 5.56 Å². The molecule has 1 N–H and O–H groups in total. The molecule has 0 aliphatic heterocycles. The number of allylic oxidation sites excluding steroid dienone is 1. The van der Waals surface area contributed by atoms with E-state index in [1.165, 1.54) is 10.6 Å². The summed E-state index contributed by atoms with van der Waals surface area (Å²) in [6, 6.07) is 0. The Morgan fingerprint density at radius 1 is 1.69 bits per heavy atom. The molecule has 0 aliphatic rings. The number of hydrogen-bond acceptors (Lipinski definition) is 3. The average molecular weight is 285 g/mol. The topological polar surface area (TPSA) is 55.1 Å². The van der Waals surface area contributed by atoms with Crippen molar-refractivity contribution in [2.45, 2.75) is 20.0 Å². The summed E-state index contributed by atoms with van der Waals surface area (Å²) >= 11 is 3.13. The molecule has 1 aromatic heterocycles. The summed E-state index contributed by atoms with van der Waals surface area (Å²) in [6.45, 7) is 10.5. The first-order valence-corrected chi connectivity index (χ1v) is 5.48. The Balaban J connectivity index is 3.69. The van der Waals surface area contributed by atoms with Crippen LogP contribution in [0, 0.1) is 0 Å². The zero-order chi connectivity index (χ0) is 12.5. The van der Waals surface area contributed by atoms with Crippen molar-refractivity contribution in [3.63, 3.8) is 0 Å². The number of aliphatic hydroxyl groups excluding tert-OH is 1. The van der Waals surface area contributed by atoms with Crippen molar-refractivity contribution in [1.29, 1.82) is 0 Å². The van der Waals surface area contributed by atoms with Gasteiger partial charge in [0.2, 0.25) is 0 Å². The van der Waals surface area contributed by atoms with Gasteiger partial charge in [0.25, 0.3) is 5.56 Å². The predicted octanol–water partition coefficient (Wildman–Crippen LogP) is 2.19. The largest absolute Gasteiger partial charge is 0.387 e. The third-order valence-electron chi connectivity index (χ3n) is 2.04. The first-order chi connectivity index (χ1) is 7.40. The van der Waals surface area contributed by atoms with Crippen molar-refractivity contribution in [2.24, 2.45) is 0 Å². The van der Waals surface area contributed by atoms with E-state index in [1.807, 2.05) is 0 Å². The van der Waals surface area contributed by atoms with Gasteiger partial charge in [0.1, 0.15) is 10.3 Å². The van der Waals surface area contributed by atoms with E-state index in [4.69, 9.17) is 0 Å². The zero-order valence-corrected chi connectivity index (χ0v) is 10.8. The monoisotopic (exact) mass is 284 g/mol. The summed E-state index contributed by atoms with van der Waals surface area (Å²) in [5, 5.41) is 9.48. The van der Waals surface area contributed by atoms with E-state index in [2.05, 4.69) is 34.1 Å². The van der Waals surface area contributed by atoms with Gasteiger partial charge in [0.05, 0.1) is 11.8 Å². The lowest BCUT2D eigenvalue weighted by molar-refractivity contribution is 0.193. The Labute approximate surface area is 102 Å². The molecule has 1 unspecified atom stereocenters. The van der Waals surface area contributed by atoms with Crippen LogP contribution in [0.3, 0.4) is 0 Å². The molecular formula is C11H13BrN2O2. The van der Waals surface area contributed by atoms with E-state index in [9.17, 15) is 9.90 Å². The van der Waals surface area contributed by atoms with Crippen LogP contribution in [-0.4, -0.2) is 14.7 Å². The lowest BCUT2D eigenvalue weighted by atomic mass is 10.2. The molecule has 0 saturated carbocycles. The van der Waals surface area contributed by atoms with E-state index >= 15 is 0 Å². The quantitative estimate of drug-likeness (QED) is 0.926. The fourth-order valence-electron chi connectivity index (χ4n) is 1.32. The molecule has 0 aromatic carbocycles. The van der Waals surface area contributed by atoms with Crippen LogP contribution in [-0.2, 0) is 0 Å². The van der Waals surface area contributed by atoms with Gasteiger partial charge in [0, 0.05) is 5.70 Å². The number of nitrogens with zero attached hydrogens (tertiary/aromatic N) is 2. The van der Waals surface area contributed by atoms with Crippen LogP contribution in [0.2, 0.25) is 0 Å². The van der Waals surface area contributed by atoms with Gasteiger partial charge in [-0.1, -0.05) is 13.2 Å². The number of aliphatic hydroxyl groups is 1. The van der Waals surface area contributed by atoms with Crippen LogP contribution in [0.25, 0.3) is 11.8 Å². The molecule has 0 fully saturated rings. The van der Waals surface area contributed by atoms with Crippen molar-refractivity contribution in [1.82, 2.24) is 9.55 Å². The lowest BCUT2D eigenvalue weighted by Crippen LogP contribution is -2.25. The first kappa shape index (κ1) is 12.9. The fraction of sp³-hybridized carbons (Fsp3) is 0.273. The second-order valence-corrected chi connectivity index (χ2v) is 4.22. The molecule has 5 heteroatoms. The molecule has 4 nitrogen and oxygen atoms in total. The van der Waals surface area contributed by atoms with E-state index in [1.54, 1.807) is 13.8 Å². The van der Waals surface area contributed by atoms with E-state index in [0.717, 1.165) is 0 Å². The van der Waals surface area contributed by atoms with Gasteiger partial charge < -0.3 is 5.11 Å². The molecule has 1 rings (SSSR count). The molecule has 16 heavy (non-hydrogen) atoms. The maximum Gasteiger partial charge on any atom is 0.272 e. The highest BCUT2D eigenvalue weighted by atomic mass is 79.9. The van der Waals surface area contributed by atoms with Crippen molar-refractivity contribution in [3.8, 4) is 0 Å². The molecule has 86 valence electrons. The molecule has 0 spiro atoms. The number of rotatable bonds is 3. The summed E-state index contributed by atoms with van der Waals surface area (Å²) in [7, 11) is 0. The van der Waals surface area contributed by atoms with Gasteiger partial charge in [0.15, 0.2) is 0 Å². The van der Waals surface area contributed by atoms with E-state index in [-0.39, 0.29) is 10.0 Å². The summed E-state index contributed by atoms with van der Waals surface area (Å²) in [6.07, 6.45) is 0.634. The smallest absolute Gasteiger partial charge is 0.272 e. The van der Waals surface area contributed by atoms with Gasteiger partial charge >= 0.3 is 0 Å². The summed E-state index contributed by atoms with van der Waals surface area (Å²) in [5.74, 6) is 0.372. The Bertz CT molecular complexity index is 503. The number of aromatic nitrogens is 2. The Hall–Kier alpha value is -1.20. The first-order valence-electron chi connectivity index (χ1n) is 4.69. The molecule has 1 heterocycles. The minimum atomic E-state index is -0.819. The predicted molar refractivity (Wildman–Crippen MR) is 67.9 cm³/mol. The molecule has 1 aromatic rings. The van der Waals surface area contributed by atoms with Gasteiger partial charge in [-0.15, -0.1) is 0 Å². The van der Waals surface area contributed by atoms with Crippen molar-refractivity contribution < 1.29 is 5.11 Å². The number of halogens is 1. The highest BCUT2D eigenvalue weighted by molar-refractivity contribution is 9.10. The molecule has 0 aliphatic carbocycles. The standard InChI is InChI=1S/C11H13BrN2O2/c1-5-8-13-10(7(4)15)9(12)11(16)14(8)6(2)3/h5,7,15H,1-2H2,3-4H3. The summed E-state index contributed by atoms with van der Waals surface area (Å²) in [5.41, 5.74) is 0.552. The third kappa shape index (κ3) is 2.15. The molecule has 0 saturated heterocycles. The Kier molecular flexibility index (Phi) is 3.83. The number of hydrogen-bond donors (Lipinski definition) is 1. The molecule has 0 amide bonds. The van der Waals surface area contributed by atoms with Gasteiger partial charge in [-0.3, -0.25) is 9.36 Å². The van der Waals surface area contributed by atoms with Gasteiger partial charge in [-0.05, 0) is 35.9 Å². The van der Waals surface area contributed by atoms with Gasteiger partial charge in [-0.25, -0.2) is 4.98 Å². The zero-order valence-electron chi connectivity index (χ0n) is 9.20. The minimum Gasteiger partial charge on any atom is -0.387 e. The third-order valence-corrected chi connectivity index (χ3v) is 2.79. The van der Waals surface area contributed by atoms with Crippen LogP contribution in [0.5, 0.6) is 0 Å². The van der Waals surface area contributed by atoms with Crippen LogP contribution in [0.15, 0.2) is 22.4 Å². The molecule has 0 radical (unpaired) electrons.